The predicted octanol–water partition coefficient (Wildman–Crippen LogP) is 3.00. The topological polar surface area (TPSA) is 97.1 Å². The van der Waals surface area contributed by atoms with Gasteiger partial charge in [0.15, 0.2) is 0 Å². The van der Waals surface area contributed by atoms with E-state index in [1.807, 2.05) is 0 Å². The third kappa shape index (κ3) is 3.50. The summed E-state index contributed by atoms with van der Waals surface area (Å²) in [6, 6.07) is 6.04. The van der Waals surface area contributed by atoms with E-state index in [9.17, 15) is 18.4 Å². The average Bonchev–Trinajstić information content (AvgIpc) is 3.03. The van der Waals surface area contributed by atoms with Gasteiger partial charge in [0.1, 0.15) is 23.0 Å². The van der Waals surface area contributed by atoms with Crippen LogP contribution >= 0.6 is 0 Å². The number of carbonyl (C=O) groups excluding carboxylic acids is 1. The molecule has 0 aliphatic rings. The first-order chi connectivity index (χ1) is 11.9. The Balaban J connectivity index is 1.86. The number of amides is 1. The van der Waals surface area contributed by atoms with Gasteiger partial charge in [-0.05, 0) is 30.3 Å². The summed E-state index contributed by atoms with van der Waals surface area (Å²) in [5.41, 5.74) is 0.112. The molecule has 0 bridgehead atoms. The third-order valence-electron chi connectivity index (χ3n) is 3.19. The van der Waals surface area contributed by atoms with E-state index in [1.54, 1.807) is 0 Å². The van der Waals surface area contributed by atoms with E-state index in [2.05, 4.69) is 15.4 Å². The second-order valence-electron chi connectivity index (χ2n) is 4.94. The lowest BCUT2D eigenvalue weighted by Gasteiger charge is -2.05. The van der Waals surface area contributed by atoms with Crippen LogP contribution in [0.2, 0.25) is 0 Å². The molecular weight excluding hydrogens is 334 g/mol. The molecule has 3 aromatic rings. The molecule has 9 heteroatoms. The molecule has 2 N–H and O–H groups in total. The summed E-state index contributed by atoms with van der Waals surface area (Å²) < 4.78 is 27.2. The summed E-state index contributed by atoms with van der Waals surface area (Å²) in [6.07, 6.45) is 2.68. The summed E-state index contributed by atoms with van der Waals surface area (Å²) in [4.78, 5) is 27.3. The van der Waals surface area contributed by atoms with E-state index in [1.165, 1.54) is 30.6 Å². The second kappa shape index (κ2) is 6.48. The molecule has 1 amide bonds. The Morgan fingerprint density at radius 2 is 1.84 bits per heavy atom. The monoisotopic (exact) mass is 344 g/mol. The number of nitrogens with zero attached hydrogens (tertiary/aromatic N) is 3. The zero-order valence-corrected chi connectivity index (χ0v) is 12.5. The van der Waals surface area contributed by atoms with Crippen LogP contribution in [0.5, 0.6) is 0 Å². The van der Waals surface area contributed by atoms with E-state index < -0.39 is 23.6 Å². The number of hydrogen-bond donors (Lipinski definition) is 2. The Labute approximate surface area is 139 Å². The molecule has 25 heavy (non-hydrogen) atoms. The Kier molecular flexibility index (Phi) is 4.21. The van der Waals surface area contributed by atoms with Crippen molar-refractivity contribution in [3.8, 4) is 11.4 Å². The number of hydrogen-bond acceptors (Lipinski definition) is 4. The fraction of sp³-hybridized carbons (Fsp3) is 0. The summed E-state index contributed by atoms with van der Waals surface area (Å²) in [7, 11) is 0. The number of pyridine rings is 1. The molecule has 0 saturated carbocycles. The van der Waals surface area contributed by atoms with Crippen LogP contribution in [0.1, 0.15) is 10.4 Å². The lowest BCUT2D eigenvalue weighted by Crippen LogP contribution is -2.20. The highest BCUT2D eigenvalue weighted by molar-refractivity contribution is 5.94. The average molecular weight is 344 g/mol. The number of benzene rings is 1. The molecule has 0 aliphatic carbocycles. The van der Waals surface area contributed by atoms with Gasteiger partial charge in [0.05, 0.1) is 5.56 Å². The highest BCUT2D eigenvalue weighted by Gasteiger charge is 2.16. The van der Waals surface area contributed by atoms with Gasteiger partial charge in [-0.1, -0.05) is 0 Å². The maximum Gasteiger partial charge on any atom is 0.346 e. The molecule has 0 fully saturated rings. The number of nitrogens with one attached hydrogen (secondary N) is 1. The van der Waals surface area contributed by atoms with Crippen molar-refractivity contribution in [3.63, 3.8) is 0 Å². The standard InChI is InChI=1S/C16H10F2N4O3/c17-9-6-10(18)8-11(7-9)20-16(25)22-5-3-13(21-22)14-12(15(23)24)2-1-4-19-14/h1-8H,(H,20,25)(H,23,24). The first-order valence-corrected chi connectivity index (χ1v) is 6.96. The molecule has 0 spiro atoms. The molecule has 1 aromatic carbocycles. The molecule has 0 saturated heterocycles. The number of aromatic carboxylic acids is 1. The zero-order chi connectivity index (χ0) is 18.0. The highest BCUT2D eigenvalue weighted by atomic mass is 19.1. The van der Waals surface area contributed by atoms with Gasteiger partial charge in [0, 0.05) is 24.1 Å². The van der Waals surface area contributed by atoms with Gasteiger partial charge < -0.3 is 10.4 Å². The summed E-state index contributed by atoms with van der Waals surface area (Å²) in [5, 5.41) is 15.4. The van der Waals surface area contributed by atoms with Crippen LogP contribution in [-0.4, -0.2) is 31.9 Å². The quantitative estimate of drug-likeness (QED) is 0.761. The molecule has 2 aromatic heterocycles. The first kappa shape index (κ1) is 16.2. The SMILES string of the molecule is O=C(O)c1cccnc1-c1ccn(C(=O)Nc2cc(F)cc(F)c2)n1. The second-order valence-corrected chi connectivity index (χ2v) is 4.94. The fourth-order valence-electron chi connectivity index (χ4n) is 2.15. The van der Waals surface area contributed by atoms with Crippen LogP contribution in [0.3, 0.4) is 0 Å². The largest absolute Gasteiger partial charge is 0.478 e. The number of aromatic nitrogens is 3. The van der Waals surface area contributed by atoms with Crippen LogP contribution in [0.25, 0.3) is 11.4 Å². The van der Waals surface area contributed by atoms with Gasteiger partial charge in [-0.2, -0.15) is 9.78 Å². The molecular formula is C16H10F2N4O3. The van der Waals surface area contributed by atoms with Gasteiger partial charge in [-0.25, -0.2) is 18.4 Å². The van der Waals surface area contributed by atoms with Gasteiger partial charge in [0.2, 0.25) is 0 Å². The molecule has 0 unspecified atom stereocenters. The van der Waals surface area contributed by atoms with E-state index in [-0.39, 0.29) is 22.6 Å². The molecule has 0 aliphatic heterocycles. The molecule has 7 nitrogen and oxygen atoms in total. The normalized spacial score (nSPS) is 10.5. The first-order valence-electron chi connectivity index (χ1n) is 6.96. The lowest BCUT2D eigenvalue weighted by molar-refractivity contribution is 0.0697. The maximum absolute atomic E-state index is 13.1. The number of carboxylic acid groups (broad SMARTS) is 1. The highest BCUT2D eigenvalue weighted by Crippen LogP contribution is 2.19. The van der Waals surface area contributed by atoms with Crippen LogP contribution < -0.4 is 5.32 Å². The molecule has 0 radical (unpaired) electrons. The van der Waals surface area contributed by atoms with Gasteiger partial charge in [0.25, 0.3) is 0 Å². The van der Waals surface area contributed by atoms with Crippen molar-refractivity contribution in [2.45, 2.75) is 0 Å². The van der Waals surface area contributed by atoms with E-state index in [4.69, 9.17) is 5.11 Å². The minimum Gasteiger partial charge on any atom is -0.478 e. The minimum atomic E-state index is -1.18. The van der Waals surface area contributed by atoms with E-state index in [0.717, 1.165) is 16.8 Å². The van der Waals surface area contributed by atoms with Crippen LogP contribution in [0.4, 0.5) is 19.3 Å². The van der Waals surface area contributed by atoms with Gasteiger partial charge in [-0.3, -0.25) is 4.98 Å². The Bertz CT molecular complexity index is 951. The number of carbonyl (C=O) groups is 2. The summed E-state index contributed by atoms with van der Waals surface area (Å²) >= 11 is 0. The maximum atomic E-state index is 13.1. The van der Waals surface area contributed by atoms with Crippen LogP contribution in [0.15, 0.2) is 48.8 Å². The van der Waals surface area contributed by atoms with Crippen LogP contribution in [0, 0.1) is 11.6 Å². The number of anilines is 1. The summed E-state index contributed by atoms with van der Waals surface area (Å²) in [6.45, 7) is 0. The lowest BCUT2D eigenvalue weighted by atomic mass is 10.1. The van der Waals surface area contributed by atoms with Crippen molar-refractivity contribution in [1.29, 1.82) is 0 Å². The van der Waals surface area contributed by atoms with Crippen molar-refractivity contribution in [2.75, 3.05) is 5.32 Å². The van der Waals surface area contributed by atoms with Crippen molar-refractivity contribution in [3.05, 3.63) is 66.0 Å². The predicted molar refractivity (Wildman–Crippen MR) is 83.2 cm³/mol. The molecule has 0 atom stereocenters. The molecule has 3 rings (SSSR count). The Morgan fingerprint density at radius 3 is 2.52 bits per heavy atom. The van der Waals surface area contributed by atoms with E-state index in [0.29, 0.717) is 6.07 Å². The fourth-order valence-corrected chi connectivity index (χ4v) is 2.15. The number of rotatable bonds is 3. The minimum absolute atomic E-state index is 0.0691. The van der Waals surface area contributed by atoms with Crippen LogP contribution in [-0.2, 0) is 0 Å². The number of halogens is 2. The molecule has 2 heterocycles. The third-order valence-corrected chi connectivity index (χ3v) is 3.19. The summed E-state index contributed by atoms with van der Waals surface area (Å²) in [5.74, 6) is -2.86. The van der Waals surface area contributed by atoms with Gasteiger partial charge in [-0.15, -0.1) is 0 Å². The smallest absolute Gasteiger partial charge is 0.346 e. The zero-order valence-electron chi connectivity index (χ0n) is 12.5. The van der Waals surface area contributed by atoms with Gasteiger partial charge >= 0.3 is 12.0 Å². The molecule has 126 valence electrons. The van der Waals surface area contributed by atoms with Crippen molar-refractivity contribution in [2.24, 2.45) is 0 Å². The van der Waals surface area contributed by atoms with Crippen molar-refractivity contribution < 1.29 is 23.5 Å². The van der Waals surface area contributed by atoms with Crippen molar-refractivity contribution in [1.82, 2.24) is 14.8 Å². The number of carboxylic acids is 1. The Hall–Kier alpha value is -3.62. The van der Waals surface area contributed by atoms with Crippen molar-refractivity contribution >= 4 is 17.7 Å². The van der Waals surface area contributed by atoms with E-state index >= 15 is 0 Å². The Morgan fingerprint density at radius 1 is 1.12 bits per heavy atom.